The number of hydrogen-bond donors (Lipinski definition) is 2. The van der Waals surface area contributed by atoms with Crippen molar-refractivity contribution in [3.05, 3.63) is 58.6 Å². The third-order valence-electron chi connectivity index (χ3n) is 3.65. The Morgan fingerprint density at radius 3 is 2.62 bits per heavy atom. The molecule has 0 atom stereocenters. The van der Waals surface area contributed by atoms with Gasteiger partial charge in [0.2, 0.25) is 0 Å². The summed E-state index contributed by atoms with van der Waals surface area (Å²) in [5.41, 5.74) is 6.23. The molecule has 0 fully saturated rings. The smallest absolute Gasteiger partial charge is 0.276 e. The summed E-state index contributed by atoms with van der Waals surface area (Å²) < 4.78 is 16.1. The summed E-state index contributed by atoms with van der Waals surface area (Å²) in [7, 11) is 1.50. The van der Waals surface area contributed by atoms with Crippen LogP contribution in [0.1, 0.15) is 18.1 Å². The molecule has 0 unspecified atom stereocenters. The van der Waals surface area contributed by atoms with Crippen LogP contribution in [0, 0.1) is 6.92 Å². The first kappa shape index (κ1) is 22.1. The van der Waals surface area contributed by atoms with Crippen molar-refractivity contribution in [1.29, 1.82) is 0 Å². The van der Waals surface area contributed by atoms with E-state index in [0.29, 0.717) is 34.4 Å². The molecule has 0 radical (unpaired) electrons. The molecule has 0 aliphatic carbocycles. The van der Waals surface area contributed by atoms with E-state index in [0.717, 1.165) is 5.56 Å². The molecule has 2 aromatic rings. The van der Waals surface area contributed by atoms with Gasteiger partial charge in [-0.05, 0) is 55.3 Å². The fourth-order valence-corrected chi connectivity index (χ4v) is 2.68. The largest absolute Gasteiger partial charge is 0.491 e. The van der Waals surface area contributed by atoms with Gasteiger partial charge >= 0.3 is 0 Å². The van der Waals surface area contributed by atoms with E-state index in [2.05, 4.69) is 10.9 Å². The second-order valence-electron chi connectivity index (χ2n) is 5.94. The second kappa shape index (κ2) is 11.0. The molecule has 0 aliphatic rings. The second-order valence-corrected chi connectivity index (χ2v) is 6.35. The number of methoxy groups -OCH3 is 1. The van der Waals surface area contributed by atoms with Crippen LogP contribution >= 0.6 is 11.6 Å². The summed E-state index contributed by atoms with van der Waals surface area (Å²) in [5, 5.41) is 0.361. The van der Waals surface area contributed by atoms with Crippen molar-refractivity contribution in [2.75, 3.05) is 20.3 Å². The van der Waals surface area contributed by atoms with Crippen LogP contribution in [-0.4, -0.2) is 32.1 Å². The van der Waals surface area contributed by atoms with E-state index in [1.807, 2.05) is 32.0 Å². The first-order chi connectivity index (χ1) is 13.9. The van der Waals surface area contributed by atoms with Gasteiger partial charge in [-0.2, -0.15) is 0 Å². The van der Waals surface area contributed by atoms with Gasteiger partial charge in [-0.1, -0.05) is 23.7 Å². The Morgan fingerprint density at radius 2 is 1.93 bits per heavy atom. The van der Waals surface area contributed by atoms with Crippen LogP contribution in [0.4, 0.5) is 0 Å². The number of hydrazine groups is 1. The van der Waals surface area contributed by atoms with Gasteiger partial charge in [0, 0.05) is 6.08 Å². The zero-order valence-corrected chi connectivity index (χ0v) is 17.2. The average molecular weight is 419 g/mol. The monoisotopic (exact) mass is 418 g/mol. The molecule has 0 bridgehead atoms. The van der Waals surface area contributed by atoms with E-state index in [4.69, 9.17) is 25.8 Å². The highest BCUT2D eigenvalue weighted by Crippen LogP contribution is 2.36. The molecule has 8 heteroatoms. The standard InChI is InChI=1S/C21H23ClN2O5/c1-4-28-18-12-15(11-17(22)21(18)27-3)8-9-19(25)23-24-20(26)13-29-16-7-5-6-14(2)10-16/h5-12H,4,13H2,1-3H3,(H,23,25)(H,24,26)/b9-8+. The van der Waals surface area contributed by atoms with Crippen molar-refractivity contribution in [1.82, 2.24) is 10.9 Å². The maximum Gasteiger partial charge on any atom is 0.276 e. The van der Waals surface area contributed by atoms with Crippen molar-refractivity contribution in [2.45, 2.75) is 13.8 Å². The number of carbonyl (C=O) groups is 2. The summed E-state index contributed by atoms with van der Waals surface area (Å²) in [5.74, 6) is 0.478. The van der Waals surface area contributed by atoms with Gasteiger partial charge < -0.3 is 14.2 Å². The highest BCUT2D eigenvalue weighted by molar-refractivity contribution is 6.32. The molecule has 29 heavy (non-hydrogen) atoms. The molecule has 0 saturated carbocycles. The quantitative estimate of drug-likeness (QED) is 0.507. The molecule has 2 rings (SSSR count). The third-order valence-corrected chi connectivity index (χ3v) is 3.93. The molecule has 7 nitrogen and oxygen atoms in total. The molecule has 0 aliphatic heterocycles. The summed E-state index contributed by atoms with van der Waals surface area (Å²) in [6.07, 6.45) is 2.80. The Morgan fingerprint density at radius 1 is 1.14 bits per heavy atom. The Balaban J connectivity index is 1.86. The van der Waals surface area contributed by atoms with Crippen LogP contribution in [-0.2, 0) is 9.59 Å². The molecule has 2 N–H and O–H groups in total. The van der Waals surface area contributed by atoms with Crippen molar-refractivity contribution in [3.8, 4) is 17.2 Å². The molecule has 2 aromatic carbocycles. The highest BCUT2D eigenvalue weighted by Gasteiger charge is 2.11. The van der Waals surface area contributed by atoms with Gasteiger partial charge in [-0.3, -0.25) is 20.4 Å². The Labute approximate surface area is 174 Å². The van der Waals surface area contributed by atoms with Crippen LogP contribution in [0.3, 0.4) is 0 Å². The summed E-state index contributed by atoms with van der Waals surface area (Å²) in [6, 6.07) is 10.7. The lowest BCUT2D eigenvalue weighted by Gasteiger charge is -2.11. The van der Waals surface area contributed by atoms with Crippen LogP contribution in [0.15, 0.2) is 42.5 Å². The van der Waals surface area contributed by atoms with E-state index >= 15 is 0 Å². The first-order valence-corrected chi connectivity index (χ1v) is 9.27. The van der Waals surface area contributed by atoms with Crippen molar-refractivity contribution in [3.63, 3.8) is 0 Å². The van der Waals surface area contributed by atoms with Gasteiger partial charge in [0.05, 0.1) is 18.7 Å². The molecule has 0 heterocycles. The molecule has 154 valence electrons. The first-order valence-electron chi connectivity index (χ1n) is 8.89. The number of aryl methyl sites for hydroxylation is 1. The highest BCUT2D eigenvalue weighted by atomic mass is 35.5. The lowest BCUT2D eigenvalue weighted by Crippen LogP contribution is -2.43. The van der Waals surface area contributed by atoms with E-state index < -0.39 is 11.8 Å². The van der Waals surface area contributed by atoms with Crippen molar-refractivity contribution < 1.29 is 23.8 Å². The maximum absolute atomic E-state index is 11.9. The summed E-state index contributed by atoms with van der Waals surface area (Å²) in [6.45, 7) is 3.98. The number of ether oxygens (including phenoxy) is 3. The van der Waals surface area contributed by atoms with Gasteiger partial charge in [0.1, 0.15) is 5.75 Å². The minimum Gasteiger partial charge on any atom is -0.491 e. The number of benzene rings is 2. The minimum absolute atomic E-state index is 0.223. The number of rotatable bonds is 8. The lowest BCUT2D eigenvalue weighted by atomic mass is 10.2. The van der Waals surface area contributed by atoms with E-state index in [1.54, 1.807) is 24.3 Å². The molecule has 2 amide bonds. The van der Waals surface area contributed by atoms with E-state index in [-0.39, 0.29) is 6.61 Å². The summed E-state index contributed by atoms with van der Waals surface area (Å²) in [4.78, 5) is 23.7. The molecular weight excluding hydrogens is 396 g/mol. The van der Waals surface area contributed by atoms with Gasteiger partial charge in [0.15, 0.2) is 18.1 Å². The number of carbonyl (C=O) groups excluding carboxylic acids is 2. The third kappa shape index (κ3) is 7.04. The Kier molecular flexibility index (Phi) is 8.36. The lowest BCUT2D eigenvalue weighted by molar-refractivity contribution is -0.128. The zero-order chi connectivity index (χ0) is 21.2. The van der Waals surface area contributed by atoms with Crippen LogP contribution in [0.25, 0.3) is 6.08 Å². The normalized spacial score (nSPS) is 10.5. The van der Waals surface area contributed by atoms with Crippen LogP contribution in [0.2, 0.25) is 5.02 Å². The van der Waals surface area contributed by atoms with Gasteiger partial charge in [-0.15, -0.1) is 0 Å². The molecule has 0 saturated heterocycles. The predicted molar refractivity (Wildman–Crippen MR) is 111 cm³/mol. The van der Waals surface area contributed by atoms with E-state index in [1.165, 1.54) is 13.2 Å². The number of hydrogen-bond acceptors (Lipinski definition) is 5. The maximum atomic E-state index is 11.9. The van der Waals surface area contributed by atoms with Gasteiger partial charge in [-0.25, -0.2) is 0 Å². The van der Waals surface area contributed by atoms with Crippen molar-refractivity contribution in [2.24, 2.45) is 0 Å². The number of amides is 2. The minimum atomic E-state index is -0.515. The Bertz CT molecular complexity index is 899. The number of halogens is 1. The zero-order valence-electron chi connectivity index (χ0n) is 16.5. The average Bonchev–Trinajstić information content (AvgIpc) is 2.69. The van der Waals surface area contributed by atoms with E-state index in [9.17, 15) is 9.59 Å². The SMILES string of the molecule is CCOc1cc(/C=C/C(=O)NNC(=O)COc2cccc(C)c2)cc(Cl)c1OC. The molecule has 0 aromatic heterocycles. The molecular formula is C21H23ClN2O5. The van der Waals surface area contributed by atoms with Gasteiger partial charge in [0.25, 0.3) is 11.8 Å². The topological polar surface area (TPSA) is 85.9 Å². The van der Waals surface area contributed by atoms with Crippen LogP contribution in [0.5, 0.6) is 17.2 Å². The fraction of sp³-hybridized carbons (Fsp3) is 0.238. The molecule has 0 spiro atoms. The predicted octanol–water partition coefficient (Wildman–Crippen LogP) is 3.30. The fourth-order valence-electron chi connectivity index (χ4n) is 2.38. The number of nitrogens with one attached hydrogen (secondary N) is 2. The summed E-state index contributed by atoms with van der Waals surface area (Å²) >= 11 is 6.17. The van der Waals surface area contributed by atoms with Crippen LogP contribution < -0.4 is 25.1 Å². The van der Waals surface area contributed by atoms with Crippen molar-refractivity contribution >= 4 is 29.5 Å². The Hall–Kier alpha value is -3.19.